The SMILES string of the molecule is CCNC(=NCC(O)c1ccco1)NCC(C)Sc1ccccc1. The van der Waals surface area contributed by atoms with Crippen LogP contribution in [-0.2, 0) is 0 Å². The lowest BCUT2D eigenvalue weighted by Gasteiger charge is -2.16. The molecule has 0 aliphatic carbocycles. The lowest BCUT2D eigenvalue weighted by Crippen LogP contribution is -2.40. The van der Waals surface area contributed by atoms with Crippen LogP contribution >= 0.6 is 11.8 Å². The molecule has 0 bridgehead atoms. The van der Waals surface area contributed by atoms with E-state index in [4.69, 9.17) is 4.42 Å². The number of rotatable bonds is 8. The highest BCUT2D eigenvalue weighted by atomic mass is 32.2. The first kappa shape index (κ1) is 18.4. The van der Waals surface area contributed by atoms with Gasteiger partial charge in [0, 0.05) is 23.2 Å². The molecule has 1 heterocycles. The Hall–Kier alpha value is -1.92. The zero-order valence-corrected chi connectivity index (χ0v) is 14.9. The van der Waals surface area contributed by atoms with E-state index < -0.39 is 6.10 Å². The number of hydrogen-bond donors (Lipinski definition) is 3. The van der Waals surface area contributed by atoms with E-state index in [2.05, 4.69) is 34.7 Å². The molecule has 2 aromatic rings. The van der Waals surface area contributed by atoms with Crippen LogP contribution in [0, 0.1) is 0 Å². The van der Waals surface area contributed by atoms with Crippen LogP contribution < -0.4 is 10.6 Å². The standard InChI is InChI=1S/C18H25N3O2S/c1-3-19-18(21-13-16(22)17-10-7-11-23-17)20-12-14(2)24-15-8-5-4-6-9-15/h4-11,14,16,22H,3,12-13H2,1-2H3,(H2,19,20,21). The lowest BCUT2D eigenvalue weighted by molar-refractivity contribution is 0.158. The number of nitrogens with one attached hydrogen (secondary N) is 2. The Bertz CT molecular complexity index is 602. The summed E-state index contributed by atoms with van der Waals surface area (Å²) in [4.78, 5) is 5.68. The molecule has 2 rings (SSSR count). The van der Waals surface area contributed by atoms with E-state index in [0.29, 0.717) is 17.0 Å². The maximum atomic E-state index is 10.0. The largest absolute Gasteiger partial charge is 0.467 e. The molecule has 6 heteroatoms. The van der Waals surface area contributed by atoms with E-state index in [-0.39, 0.29) is 6.54 Å². The summed E-state index contributed by atoms with van der Waals surface area (Å²) in [7, 11) is 0. The van der Waals surface area contributed by atoms with Crippen molar-refractivity contribution in [3.63, 3.8) is 0 Å². The first-order valence-corrected chi connectivity index (χ1v) is 9.02. The van der Waals surface area contributed by atoms with Crippen LogP contribution in [0.2, 0.25) is 0 Å². The van der Waals surface area contributed by atoms with Crippen molar-refractivity contribution in [3.8, 4) is 0 Å². The van der Waals surface area contributed by atoms with Crippen LogP contribution in [-0.4, -0.2) is 36.0 Å². The van der Waals surface area contributed by atoms with Crippen LogP contribution in [0.15, 0.2) is 63.0 Å². The van der Waals surface area contributed by atoms with Gasteiger partial charge in [-0.2, -0.15) is 0 Å². The third-order valence-electron chi connectivity index (χ3n) is 3.28. The van der Waals surface area contributed by atoms with Gasteiger partial charge in [0.05, 0.1) is 12.8 Å². The molecule has 2 unspecified atom stereocenters. The summed E-state index contributed by atoms with van der Waals surface area (Å²) in [6.07, 6.45) is 0.820. The fourth-order valence-corrected chi connectivity index (χ4v) is 3.05. The van der Waals surface area contributed by atoms with Gasteiger partial charge in [-0.1, -0.05) is 25.1 Å². The number of nitrogens with zero attached hydrogens (tertiary/aromatic N) is 1. The summed E-state index contributed by atoms with van der Waals surface area (Å²) >= 11 is 1.82. The predicted molar refractivity (Wildman–Crippen MR) is 99.4 cm³/mol. The van der Waals surface area contributed by atoms with Gasteiger partial charge in [0.2, 0.25) is 0 Å². The number of aliphatic hydroxyl groups is 1. The summed E-state index contributed by atoms with van der Waals surface area (Å²) in [5, 5.41) is 16.9. The van der Waals surface area contributed by atoms with Gasteiger partial charge in [0.25, 0.3) is 0 Å². The van der Waals surface area contributed by atoms with Crippen LogP contribution in [0.3, 0.4) is 0 Å². The van der Waals surface area contributed by atoms with E-state index in [1.54, 1.807) is 18.4 Å². The molecule has 24 heavy (non-hydrogen) atoms. The van der Waals surface area contributed by atoms with Crippen molar-refractivity contribution in [2.45, 2.75) is 30.1 Å². The van der Waals surface area contributed by atoms with Gasteiger partial charge in [-0.05, 0) is 31.2 Å². The monoisotopic (exact) mass is 347 g/mol. The van der Waals surface area contributed by atoms with Crippen LogP contribution in [0.5, 0.6) is 0 Å². The highest BCUT2D eigenvalue weighted by Gasteiger charge is 2.10. The minimum atomic E-state index is -0.730. The van der Waals surface area contributed by atoms with Gasteiger partial charge in [-0.25, -0.2) is 0 Å². The fourth-order valence-electron chi connectivity index (χ4n) is 2.10. The van der Waals surface area contributed by atoms with Crippen LogP contribution in [0.4, 0.5) is 0 Å². The molecule has 130 valence electrons. The summed E-state index contributed by atoms with van der Waals surface area (Å²) in [5.41, 5.74) is 0. The Labute approximate surface area is 147 Å². The quantitative estimate of drug-likeness (QED) is 0.389. The van der Waals surface area contributed by atoms with Crippen molar-refractivity contribution >= 4 is 17.7 Å². The topological polar surface area (TPSA) is 69.8 Å². The number of furan rings is 1. The molecular weight excluding hydrogens is 322 g/mol. The number of thioether (sulfide) groups is 1. The Morgan fingerprint density at radius 2 is 2.00 bits per heavy atom. The van der Waals surface area contributed by atoms with Crippen LogP contribution in [0.25, 0.3) is 0 Å². The number of aliphatic hydroxyl groups excluding tert-OH is 1. The molecule has 0 saturated carbocycles. The highest BCUT2D eigenvalue weighted by molar-refractivity contribution is 8.00. The Morgan fingerprint density at radius 3 is 2.67 bits per heavy atom. The minimum Gasteiger partial charge on any atom is -0.467 e. The average molecular weight is 347 g/mol. The van der Waals surface area contributed by atoms with Crippen molar-refractivity contribution in [3.05, 3.63) is 54.5 Å². The molecule has 0 aliphatic heterocycles. The second kappa shape index (κ2) is 10.1. The number of hydrogen-bond acceptors (Lipinski definition) is 4. The van der Waals surface area contributed by atoms with Crippen LogP contribution in [0.1, 0.15) is 25.7 Å². The average Bonchev–Trinajstić information content (AvgIpc) is 3.12. The molecule has 5 nitrogen and oxygen atoms in total. The van der Waals surface area contributed by atoms with Gasteiger partial charge in [0.15, 0.2) is 5.96 Å². The summed E-state index contributed by atoms with van der Waals surface area (Å²) in [6, 6.07) is 13.8. The first-order chi connectivity index (χ1) is 11.7. The maximum Gasteiger partial charge on any atom is 0.191 e. The Balaban J connectivity index is 1.82. The van der Waals surface area contributed by atoms with E-state index in [0.717, 1.165) is 13.1 Å². The molecule has 3 N–H and O–H groups in total. The molecule has 0 amide bonds. The lowest BCUT2D eigenvalue weighted by atomic mass is 10.3. The fraction of sp³-hybridized carbons (Fsp3) is 0.389. The summed E-state index contributed by atoms with van der Waals surface area (Å²) in [5.74, 6) is 1.23. The van der Waals surface area contributed by atoms with Gasteiger partial charge in [-0.3, -0.25) is 4.99 Å². The van der Waals surface area contributed by atoms with Gasteiger partial charge in [-0.15, -0.1) is 11.8 Å². The zero-order chi connectivity index (χ0) is 17.2. The molecule has 0 aliphatic rings. The van der Waals surface area contributed by atoms with Crippen molar-refractivity contribution in [1.82, 2.24) is 10.6 Å². The number of aliphatic imine (C=N–C) groups is 1. The van der Waals surface area contributed by atoms with Crippen molar-refractivity contribution in [1.29, 1.82) is 0 Å². The third-order valence-corrected chi connectivity index (χ3v) is 4.39. The molecular formula is C18H25N3O2S. The van der Waals surface area contributed by atoms with Crippen molar-refractivity contribution in [2.24, 2.45) is 4.99 Å². The molecule has 0 saturated heterocycles. The maximum absolute atomic E-state index is 10.0. The van der Waals surface area contributed by atoms with Gasteiger partial charge < -0.3 is 20.2 Å². The van der Waals surface area contributed by atoms with E-state index in [1.807, 2.05) is 36.9 Å². The van der Waals surface area contributed by atoms with Crippen molar-refractivity contribution < 1.29 is 9.52 Å². The van der Waals surface area contributed by atoms with Gasteiger partial charge in [0.1, 0.15) is 11.9 Å². The zero-order valence-electron chi connectivity index (χ0n) is 14.1. The van der Waals surface area contributed by atoms with Gasteiger partial charge >= 0.3 is 0 Å². The summed E-state index contributed by atoms with van der Waals surface area (Å²) < 4.78 is 5.19. The van der Waals surface area contributed by atoms with E-state index in [1.165, 1.54) is 4.90 Å². The second-order valence-electron chi connectivity index (χ2n) is 5.37. The van der Waals surface area contributed by atoms with E-state index >= 15 is 0 Å². The molecule has 0 radical (unpaired) electrons. The Kier molecular flexibility index (Phi) is 7.71. The smallest absolute Gasteiger partial charge is 0.191 e. The minimum absolute atomic E-state index is 0.253. The number of benzene rings is 1. The second-order valence-corrected chi connectivity index (χ2v) is 6.89. The Morgan fingerprint density at radius 1 is 1.21 bits per heavy atom. The molecule has 0 spiro atoms. The van der Waals surface area contributed by atoms with E-state index in [9.17, 15) is 5.11 Å². The predicted octanol–water partition coefficient (Wildman–Crippen LogP) is 3.05. The summed E-state index contributed by atoms with van der Waals surface area (Å²) in [6.45, 7) is 5.99. The highest BCUT2D eigenvalue weighted by Crippen LogP contribution is 2.21. The van der Waals surface area contributed by atoms with Crippen molar-refractivity contribution in [2.75, 3.05) is 19.6 Å². The molecule has 1 aromatic heterocycles. The molecule has 0 fully saturated rings. The molecule has 1 aromatic carbocycles. The number of guanidine groups is 1. The normalized spacial score (nSPS) is 14.2. The molecule has 2 atom stereocenters. The third kappa shape index (κ3) is 6.29. The first-order valence-electron chi connectivity index (χ1n) is 8.14.